The van der Waals surface area contributed by atoms with E-state index >= 15 is 0 Å². The van der Waals surface area contributed by atoms with Crippen LogP contribution in [-0.2, 0) is 6.18 Å². The van der Waals surface area contributed by atoms with Crippen molar-refractivity contribution < 1.29 is 22.7 Å². The quantitative estimate of drug-likeness (QED) is 0.652. The Morgan fingerprint density at radius 1 is 1.35 bits per heavy atom. The second-order valence-corrected chi connectivity index (χ2v) is 3.69. The summed E-state index contributed by atoms with van der Waals surface area (Å²) in [5, 5.41) is 11.5. The lowest BCUT2D eigenvalue weighted by atomic mass is 10.2. The highest BCUT2D eigenvalue weighted by Gasteiger charge is 2.31. The van der Waals surface area contributed by atoms with Gasteiger partial charge in [0.2, 0.25) is 0 Å². The summed E-state index contributed by atoms with van der Waals surface area (Å²) >= 11 is 5.30. The molecule has 1 unspecified atom stereocenters. The summed E-state index contributed by atoms with van der Waals surface area (Å²) in [6, 6.07) is 2.02. The van der Waals surface area contributed by atoms with E-state index in [9.17, 15) is 17.6 Å². The minimum absolute atomic E-state index is 0.0897. The maximum atomic E-state index is 13.2. The van der Waals surface area contributed by atoms with E-state index in [4.69, 9.17) is 16.7 Å². The van der Waals surface area contributed by atoms with Gasteiger partial charge in [-0.1, -0.05) is 0 Å². The summed E-state index contributed by atoms with van der Waals surface area (Å²) in [6.45, 7) is -0.123. The molecule has 2 nitrogen and oxygen atoms in total. The van der Waals surface area contributed by atoms with Gasteiger partial charge in [-0.05, 0) is 18.2 Å². The van der Waals surface area contributed by atoms with Gasteiger partial charge in [-0.3, -0.25) is 0 Å². The van der Waals surface area contributed by atoms with E-state index in [1.807, 2.05) is 0 Å². The maximum absolute atomic E-state index is 13.2. The van der Waals surface area contributed by atoms with Crippen molar-refractivity contribution in [3.63, 3.8) is 0 Å². The number of alkyl halides is 4. The van der Waals surface area contributed by atoms with Crippen LogP contribution in [0, 0.1) is 5.82 Å². The van der Waals surface area contributed by atoms with Crippen LogP contribution in [0.25, 0.3) is 0 Å². The van der Waals surface area contributed by atoms with Gasteiger partial charge in [-0.2, -0.15) is 13.2 Å². The van der Waals surface area contributed by atoms with Crippen molar-refractivity contribution in [3.8, 4) is 0 Å². The van der Waals surface area contributed by atoms with Crippen LogP contribution in [0.3, 0.4) is 0 Å². The van der Waals surface area contributed by atoms with Gasteiger partial charge in [0.15, 0.2) is 0 Å². The van der Waals surface area contributed by atoms with Gasteiger partial charge in [-0.15, -0.1) is 11.6 Å². The zero-order valence-electron chi connectivity index (χ0n) is 8.56. The Labute approximate surface area is 100 Å². The maximum Gasteiger partial charge on any atom is 0.416 e. The molecule has 0 bridgehead atoms. The summed E-state index contributed by atoms with van der Waals surface area (Å²) in [5.74, 6) is -0.909. The summed E-state index contributed by atoms with van der Waals surface area (Å²) in [6.07, 6.45) is -5.49. The van der Waals surface area contributed by atoms with Crippen LogP contribution in [0.15, 0.2) is 18.2 Å². The van der Waals surface area contributed by atoms with Crippen LogP contribution < -0.4 is 5.32 Å². The van der Waals surface area contributed by atoms with E-state index in [0.29, 0.717) is 12.1 Å². The van der Waals surface area contributed by atoms with Crippen molar-refractivity contribution in [2.75, 3.05) is 17.7 Å². The minimum atomic E-state index is -4.53. The molecule has 0 fully saturated rings. The van der Waals surface area contributed by atoms with Crippen molar-refractivity contribution in [2.24, 2.45) is 0 Å². The molecule has 0 aliphatic carbocycles. The first-order valence-corrected chi connectivity index (χ1v) is 5.22. The Hall–Kier alpha value is -1.01. The monoisotopic (exact) mass is 271 g/mol. The molecule has 0 spiro atoms. The van der Waals surface area contributed by atoms with Gasteiger partial charge in [-0.25, -0.2) is 4.39 Å². The molecule has 0 saturated heterocycles. The molecule has 2 N–H and O–H groups in total. The minimum Gasteiger partial charge on any atom is -0.390 e. The van der Waals surface area contributed by atoms with Crippen LogP contribution in [0.4, 0.5) is 23.2 Å². The lowest BCUT2D eigenvalue weighted by Gasteiger charge is -2.13. The number of benzene rings is 1. The fraction of sp³-hybridized carbons (Fsp3) is 0.400. The smallest absolute Gasteiger partial charge is 0.390 e. The lowest BCUT2D eigenvalue weighted by molar-refractivity contribution is -0.137. The summed E-state index contributed by atoms with van der Waals surface area (Å²) in [4.78, 5) is 0. The first-order chi connectivity index (χ1) is 7.84. The molecule has 0 aliphatic heterocycles. The number of hydrogen-bond donors (Lipinski definition) is 2. The Morgan fingerprint density at radius 3 is 2.53 bits per heavy atom. The standard InChI is InChI=1S/C10H10ClF4NO/c11-4-7(17)5-16-9-3-6(10(13,14)15)1-2-8(9)12/h1-3,7,16-17H,4-5H2. The molecule has 1 rings (SSSR count). The SMILES string of the molecule is OC(CCl)CNc1cc(C(F)(F)F)ccc1F. The zero-order valence-corrected chi connectivity index (χ0v) is 9.32. The third-order valence-electron chi connectivity index (χ3n) is 2.00. The van der Waals surface area contributed by atoms with Crippen molar-refractivity contribution in [1.29, 1.82) is 0 Å². The summed E-state index contributed by atoms with van der Waals surface area (Å²) < 4.78 is 50.2. The molecule has 0 radical (unpaired) electrons. The second kappa shape index (κ2) is 5.55. The van der Waals surface area contributed by atoms with Crippen LogP contribution in [0.2, 0.25) is 0 Å². The molecule has 0 amide bonds. The van der Waals surface area contributed by atoms with E-state index in [0.717, 1.165) is 6.07 Å². The van der Waals surface area contributed by atoms with Gasteiger partial charge in [0.05, 0.1) is 23.2 Å². The number of halogens is 5. The molecular weight excluding hydrogens is 262 g/mol. The third kappa shape index (κ3) is 4.05. The largest absolute Gasteiger partial charge is 0.416 e. The van der Waals surface area contributed by atoms with E-state index in [2.05, 4.69) is 5.32 Å². The molecule has 0 aliphatic rings. The molecule has 1 aromatic carbocycles. The molecule has 0 aromatic heterocycles. The van der Waals surface area contributed by atoms with Gasteiger partial charge in [0, 0.05) is 6.54 Å². The summed E-state index contributed by atoms with van der Waals surface area (Å²) in [7, 11) is 0. The fourth-order valence-electron chi connectivity index (χ4n) is 1.12. The Kier molecular flexibility index (Phi) is 4.59. The normalized spacial score (nSPS) is 13.5. The van der Waals surface area contributed by atoms with Crippen LogP contribution in [0.5, 0.6) is 0 Å². The van der Waals surface area contributed by atoms with Crippen LogP contribution in [-0.4, -0.2) is 23.6 Å². The summed E-state index contributed by atoms with van der Waals surface area (Å²) in [5.41, 5.74) is -1.27. The molecule has 7 heteroatoms. The third-order valence-corrected chi connectivity index (χ3v) is 2.36. The highest BCUT2D eigenvalue weighted by molar-refractivity contribution is 6.18. The molecule has 17 heavy (non-hydrogen) atoms. The number of nitrogens with one attached hydrogen (secondary N) is 1. The van der Waals surface area contributed by atoms with E-state index in [1.165, 1.54) is 0 Å². The van der Waals surface area contributed by atoms with Gasteiger partial charge in [0.25, 0.3) is 0 Å². The lowest BCUT2D eigenvalue weighted by Crippen LogP contribution is -2.21. The van der Waals surface area contributed by atoms with Crippen molar-refractivity contribution in [3.05, 3.63) is 29.6 Å². The Balaban J connectivity index is 2.84. The van der Waals surface area contributed by atoms with Crippen LogP contribution in [0.1, 0.15) is 5.56 Å². The first kappa shape index (κ1) is 14.1. The number of hydrogen-bond acceptors (Lipinski definition) is 2. The average molecular weight is 272 g/mol. The van der Waals surface area contributed by atoms with Crippen molar-refractivity contribution >= 4 is 17.3 Å². The van der Waals surface area contributed by atoms with Gasteiger partial charge in [0.1, 0.15) is 5.82 Å². The van der Waals surface area contributed by atoms with Gasteiger partial charge < -0.3 is 10.4 Å². The molecule has 1 atom stereocenters. The van der Waals surface area contributed by atoms with Gasteiger partial charge >= 0.3 is 6.18 Å². The fourth-order valence-corrected chi connectivity index (χ4v) is 1.23. The molecule has 96 valence electrons. The first-order valence-electron chi connectivity index (χ1n) is 4.69. The Bertz CT molecular complexity index is 383. The molecular formula is C10H10ClF4NO. The molecule has 0 saturated carbocycles. The number of rotatable bonds is 4. The number of aliphatic hydroxyl groups excluding tert-OH is 1. The zero-order chi connectivity index (χ0) is 13.1. The van der Waals surface area contributed by atoms with Crippen molar-refractivity contribution in [2.45, 2.75) is 12.3 Å². The van der Waals surface area contributed by atoms with Crippen molar-refractivity contribution in [1.82, 2.24) is 0 Å². The topological polar surface area (TPSA) is 32.3 Å². The molecule has 1 aromatic rings. The molecule has 0 heterocycles. The highest BCUT2D eigenvalue weighted by atomic mass is 35.5. The predicted molar refractivity (Wildman–Crippen MR) is 56.6 cm³/mol. The number of anilines is 1. The van der Waals surface area contributed by atoms with E-state index < -0.39 is 23.7 Å². The predicted octanol–water partition coefficient (Wildman–Crippen LogP) is 2.86. The van der Waals surface area contributed by atoms with E-state index in [-0.39, 0.29) is 18.1 Å². The Morgan fingerprint density at radius 2 is 2.00 bits per heavy atom. The van der Waals surface area contributed by atoms with E-state index in [1.54, 1.807) is 0 Å². The number of aliphatic hydroxyl groups is 1. The average Bonchev–Trinajstić information content (AvgIpc) is 2.26. The van der Waals surface area contributed by atoms with Crippen LogP contribution >= 0.6 is 11.6 Å². The second-order valence-electron chi connectivity index (χ2n) is 3.38. The highest BCUT2D eigenvalue weighted by Crippen LogP contribution is 2.31.